The molecule has 0 spiro atoms. The van der Waals surface area contributed by atoms with Gasteiger partial charge in [0, 0.05) is 23.3 Å². The van der Waals surface area contributed by atoms with Gasteiger partial charge >= 0.3 is 6.03 Å². The quantitative estimate of drug-likeness (QED) is 0.691. The monoisotopic (exact) mass is 239 g/mol. The van der Waals surface area contributed by atoms with E-state index in [0.717, 1.165) is 12.8 Å². The third kappa shape index (κ3) is 4.77. The van der Waals surface area contributed by atoms with E-state index in [0.29, 0.717) is 0 Å². The second kappa shape index (κ2) is 5.08. The Morgan fingerprint density at radius 1 is 1.24 bits per heavy atom. The van der Waals surface area contributed by atoms with Gasteiger partial charge in [0.05, 0.1) is 0 Å². The maximum Gasteiger partial charge on any atom is 0.318 e. The number of carbonyl (C=O) groups excluding carboxylic acids is 1. The molecule has 0 radical (unpaired) electrons. The molecule has 0 atom stereocenters. The highest BCUT2D eigenvalue weighted by molar-refractivity contribution is 5.75. The smallest absolute Gasteiger partial charge is 0.318 e. The van der Waals surface area contributed by atoms with Crippen LogP contribution in [0.4, 0.5) is 4.79 Å². The van der Waals surface area contributed by atoms with Crippen LogP contribution in [0.3, 0.4) is 0 Å². The largest absolute Gasteiger partial charge is 0.335 e. The minimum absolute atomic E-state index is 0.0558. The molecule has 0 aromatic rings. The van der Waals surface area contributed by atoms with E-state index in [2.05, 4.69) is 43.6 Å². The maximum absolute atomic E-state index is 11.6. The molecule has 2 amide bonds. The van der Waals surface area contributed by atoms with E-state index in [4.69, 9.17) is 0 Å². The SMILES string of the molecule is C/C=C/NC(=O)NC1CC(C)(C)NC(C)(C)C1. The number of urea groups is 1. The molecule has 1 fully saturated rings. The summed E-state index contributed by atoms with van der Waals surface area (Å²) in [6.45, 7) is 10.6. The Labute approximate surface area is 104 Å². The molecule has 0 aromatic carbocycles. The van der Waals surface area contributed by atoms with Crippen LogP contribution < -0.4 is 16.0 Å². The van der Waals surface area contributed by atoms with Gasteiger partial charge in [-0.1, -0.05) is 6.08 Å². The number of rotatable bonds is 2. The Morgan fingerprint density at radius 3 is 2.24 bits per heavy atom. The predicted molar refractivity (Wildman–Crippen MR) is 70.8 cm³/mol. The minimum Gasteiger partial charge on any atom is -0.335 e. The van der Waals surface area contributed by atoms with Crippen LogP contribution in [0.2, 0.25) is 0 Å². The first-order chi connectivity index (χ1) is 7.74. The highest BCUT2D eigenvalue weighted by Gasteiger charge is 2.37. The van der Waals surface area contributed by atoms with Crippen molar-refractivity contribution >= 4 is 6.03 Å². The van der Waals surface area contributed by atoms with E-state index in [-0.39, 0.29) is 23.2 Å². The van der Waals surface area contributed by atoms with Gasteiger partial charge in [0.25, 0.3) is 0 Å². The van der Waals surface area contributed by atoms with Crippen molar-refractivity contribution in [2.24, 2.45) is 0 Å². The summed E-state index contributed by atoms with van der Waals surface area (Å²) in [5.41, 5.74) is 0.112. The van der Waals surface area contributed by atoms with Gasteiger partial charge in [0.2, 0.25) is 0 Å². The van der Waals surface area contributed by atoms with Crippen LogP contribution in [0.1, 0.15) is 47.5 Å². The molecule has 1 heterocycles. The molecule has 1 aliphatic heterocycles. The molecule has 4 nitrogen and oxygen atoms in total. The summed E-state index contributed by atoms with van der Waals surface area (Å²) < 4.78 is 0. The van der Waals surface area contributed by atoms with Gasteiger partial charge in [0.1, 0.15) is 0 Å². The first kappa shape index (κ1) is 14.0. The summed E-state index contributed by atoms with van der Waals surface area (Å²) in [6, 6.07) is 0.0908. The molecule has 0 aliphatic carbocycles. The molecule has 0 unspecified atom stereocenters. The lowest BCUT2D eigenvalue weighted by molar-refractivity contribution is 0.148. The van der Waals surface area contributed by atoms with Crippen LogP contribution in [-0.2, 0) is 0 Å². The van der Waals surface area contributed by atoms with Crippen molar-refractivity contribution in [3.05, 3.63) is 12.3 Å². The minimum atomic E-state index is -0.124. The Balaban J connectivity index is 2.56. The molecule has 1 rings (SSSR count). The third-order valence-electron chi connectivity index (χ3n) is 2.91. The van der Waals surface area contributed by atoms with Crippen LogP contribution in [-0.4, -0.2) is 23.2 Å². The van der Waals surface area contributed by atoms with Crippen LogP contribution >= 0.6 is 0 Å². The van der Waals surface area contributed by atoms with E-state index in [1.807, 2.05) is 6.92 Å². The summed E-state index contributed by atoms with van der Waals surface area (Å²) in [7, 11) is 0. The zero-order valence-electron chi connectivity index (χ0n) is 11.6. The van der Waals surface area contributed by atoms with Crippen molar-refractivity contribution in [3.8, 4) is 0 Å². The Bertz CT molecular complexity index is 292. The molecule has 0 bridgehead atoms. The van der Waals surface area contributed by atoms with Crippen molar-refractivity contribution in [1.29, 1.82) is 0 Å². The zero-order valence-corrected chi connectivity index (χ0v) is 11.6. The lowest BCUT2D eigenvalue weighted by atomic mass is 9.80. The molecule has 4 heteroatoms. The molecule has 0 aromatic heterocycles. The van der Waals surface area contributed by atoms with Gasteiger partial charge in [-0.15, -0.1) is 0 Å². The number of amides is 2. The lowest BCUT2D eigenvalue weighted by Gasteiger charge is -2.46. The summed E-state index contributed by atoms with van der Waals surface area (Å²) >= 11 is 0. The van der Waals surface area contributed by atoms with Gasteiger partial charge in [-0.3, -0.25) is 0 Å². The van der Waals surface area contributed by atoms with Gasteiger partial charge in [-0.05, 0) is 47.5 Å². The Morgan fingerprint density at radius 2 is 1.76 bits per heavy atom. The van der Waals surface area contributed by atoms with Gasteiger partial charge < -0.3 is 16.0 Å². The Hall–Kier alpha value is -1.03. The highest BCUT2D eigenvalue weighted by Crippen LogP contribution is 2.28. The second-order valence-corrected chi connectivity index (χ2v) is 6.12. The van der Waals surface area contributed by atoms with Crippen LogP contribution in [0.25, 0.3) is 0 Å². The van der Waals surface area contributed by atoms with E-state index in [9.17, 15) is 4.79 Å². The molecule has 17 heavy (non-hydrogen) atoms. The van der Waals surface area contributed by atoms with Crippen molar-refractivity contribution in [1.82, 2.24) is 16.0 Å². The summed E-state index contributed by atoms with van der Waals surface area (Å²) in [5, 5.41) is 9.30. The predicted octanol–water partition coefficient (Wildman–Crippen LogP) is 2.13. The van der Waals surface area contributed by atoms with Crippen molar-refractivity contribution in [3.63, 3.8) is 0 Å². The molecular weight excluding hydrogens is 214 g/mol. The fourth-order valence-corrected chi connectivity index (χ4v) is 2.81. The molecule has 1 aliphatic rings. The number of hydrogen-bond donors (Lipinski definition) is 3. The number of nitrogens with one attached hydrogen (secondary N) is 3. The fourth-order valence-electron chi connectivity index (χ4n) is 2.81. The van der Waals surface area contributed by atoms with Gasteiger partial charge in [-0.25, -0.2) is 4.79 Å². The Kier molecular flexibility index (Phi) is 4.20. The molecular formula is C13H25N3O. The topological polar surface area (TPSA) is 53.2 Å². The number of hydrogen-bond acceptors (Lipinski definition) is 2. The van der Waals surface area contributed by atoms with Crippen LogP contribution in [0.5, 0.6) is 0 Å². The maximum atomic E-state index is 11.6. The lowest BCUT2D eigenvalue weighted by Crippen LogP contribution is -2.62. The van der Waals surface area contributed by atoms with E-state index < -0.39 is 0 Å². The van der Waals surface area contributed by atoms with Crippen LogP contribution in [0, 0.1) is 0 Å². The number of allylic oxidation sites excluding steroid dienone is 1. The second-order valence-electron chi connectivity index (χ2n) is 6.12. The van der Waals surface area contributed by atoms with E-state index >= 15 is 0 Å². The standard InChI is InChI=1S/C13H25N3O/c1-6-7-14-11(17)15-10-8-12(2,3)16-13(4,5)9-10/h6-7,10,16H,8-9H2,1-5H3,(H2,14,15,17)/b7-6+. The average Bonchev–Trinajstić information content (AvgIpc) is 2.09. The first-order valence-electron chi connectivity index (χ1n) is 6.22. The third-order valence-corrected chi connectivity index (χ3v) is 2.91. The molecule has 98 valence electrons. The number of piperidine rings is 1. The van der Waals surface area contributed by atoms with Crippen molar-refractivity contribution in [2.75, 3.05) is 0 Å². The van der Waals surface area contributed by atoms with Crippen LogP contribution in [0.15, 0.2) is 12.3 Å². The molecule has 1 saturated heterocycles. The zero-order chi connectivity index (χ0) is 13.1. The van der Waals surface area contributed by atoms with Crippen molar-refractivity contribution in [2.45, 2.75) is 64.6 Å². The highest BCUT2D eigenvalue weighted by atomic mass is 16.2. The normalized spacial score (nSPS) is 23.6. The van der Waals surface area contributed by atoms with Crippen molar-refractivity contribution < 1.29 is 4.79 Å². The summed E-state index contributed by atoms with van der Waals surface area (Å²) in [5.74, 6) is 0. The average molecular weight is 239 g/mol. The van der Waals surface area contributed by atoms with E-state index in [1.165, 1.54) is 0 Å². The first-order valence-corrected chi connectivity index (χ1v) is 6.22. The van der Waals surface area contributed by atoms with Gasteiger partial charge in [0.15, 0.2) is 0 Å². The fraction of sp³-hybridized carbons (Fsp3) is 0.769. The molecule has 3 N–H and O–H groups in total. The molecule has 0 saturated carbocycles. The van der Waals surface area contributed by atoms with Gasteiger partial charge in [-0.2, -0.15) is 0 Å². The van der Waals surface area contributed by atoms with E-state index in [1.54, 1.807) is 12.3 Å². The summed E-state index contributed by atoms with van der Waals surface area (Å²) in [4.78, 5) is 11.6. The number of carbonyl (C=O) groups is 1. The summed E-state index contributed by atoms with van der Waals surface area (Å²) in [6.07, 6.45) is 5.34.